The molecule has 106 valence electrons. The van der Waals surface area contributed by atoms with Gasteiger partial charge in [0.05, 0.1) is 18.9 Å². The van der Waals surface area contributed by atoms with E-state index in [1.165, 1.54) is 4.90 Å². The molecule has 7 nitrogen and oxygen atoms in total. The van der Waals surface area contributed by atoms with Crippen LogP contribution in [0, 0.1) is 5.82 Å². The van der Waals surface area contributed by atoms with Gasteiger partial charge in [-0.15, -0.1) is 0 Å². The molecular weight excluding hydrogens is 257 g/mol. The Kier molecular flexibility index (Phi) is 3.83. The molecule has 2 rings (SSSR count). The van der Waals surface area contributed by atoms with E-state index in [2.05, 4.69) is 4.98 Å². The van der Waals surface area contributed by atoms with E-state index in [-0.39, 0.29) is 18.8 Å². The summed E-state index contributed by atoms with van der Waals surface area (Å²) in [6.07, 6.45) is -1.38. The number of hydrogen-bond donors (Lipinski definition) is 2. The van der Waals surface area contributed by atoms with Gasteiger partial charge in [-0.05, 0) is 0 Å². The highest BCUT2D eigenvalue weighted by Crippen LogP contribution is 2.27. The number of rotatable bonds is 3. The van der Waals surface area contributed by atoms with E-state index in [4.69, 9.17) is 9.84 Å². The average molecular weight is 273 g/mol. The van der Waals surface area contributed by atoms with E-state index >= 15 is 0 Å². The number of aliphatic hydroxyl groups is 2. The Balaban J connectivity index is 2.32. The van der Waals surface area contributed by atoms with Gasteiger partial charge in [0.2, 0.25) is 0 Å². The van der Waals surface area contributed by atoms with Crippen molar-refractivity contribution in [3.63, 3.8) is 0 Å². The minimum atomic E-state index is -0.890. The van der Waals surface area contributed by atoms with E-state index in [1.807, 2.05) is 0 Å². The van der Waals surface area contributed by atoms with Crippen LogP contribution in [0.25, 0.3) is 0 Å². The molecular formula is C11H16FN3O4. The Morgan fingerprint density at radius 3 is 2.84 bits per heavy atom. The van der Waals surface area contributed by atoms with Crippen molar-refractivity contribution in [2.45, 2.75) is 24.9 Å². The monoisotopic (exact) mass is 273 g/mol. The van der Waals surface area contributed by atoms with Gasteiger partial charge in [0, 0.05) is 20.5 Å². The van der Waals surface area contributed by atoms with E-state index in [0.29, 0.717) is 0 Å². The first kappa shape index (κ1) is 13.9. The lowest BCUT2D eigenvalue weighted by molar-refractivity contribution is -0.0461. The van der Waals surface area contributed by atoms with Crippen LogP contribution in [0.3, 0.4) is 0 Å². The van der Waals surface area contributed by atoms with Gasteiger partial charge in [-0.2, -0.15) is 4.98 Å². The first-order valence-electron chi connectivity index (χ1n) is 5.84. The summed E-state index contributed by atoms with van der Waals surface area (Å²) in [7, 11) is 3.15. The summed E-state index contributed by atoms with van der Waals surface area (Å²) in [4.78, 5) is 16.8. The molecule has 0 amide bonds. The van der Waals surface area contributed by atoms with E-state index < -0.39 is 29.9 Å². The minimum absolute atomic E-state index is 0.0569. The van der Waals surface area contributed by atoms with Gasteiger partial charge in [0.15, 0.2) is 11.6 Å². The van der Waals surface area contributed by atoms with E-state index in [1.54, 1.807) is 14.1 Å². The highest BCUT2D eigenvalue weighted by molar-refractivity contribution is 5.35. The first-order valence-corrected chi connectivity index (χ1v) is 5.84. The zero-order chi connectivity index (χ0) is 14.2. The lowest BCUT2D eigenvalue weighted by Gasteiger charge is -2.17. The molecule has 0 aliphatic carbocycles. The van der Waals surface area contributed by atoms with Crippen LogP contribution in [0.4, 0.5) is 10.2 Å². The normalized spacial score (nSPS) is 26.7. The fourth-order valence-electron chi connectivity index (χ4n) is 2.01. The highest BCUT2D eigenvalue weighted by Gasteiger charge is 2.35. The molecule has 1 aromatic heterocycles. The summed E-state index contributed by atoms with van der Waals surface area (Å²) in [6, 6.07) is 0. The molecule has 1 aliphatic rings. The topological polar surface area (TPSA) is 87.8 Å². The second-order valence-corrected chi connectivity index (χ2v) is 4.61. The summed E-state index contributed by atoms with van der Waals surface area (Å²) < 4.78 is 20.1. The third-order valence-corrected chi connectivity index (χ3v) is 3.01. The van der Waals surface area contributed by atoms with Gasteiger partial charge >= 0.3 is 5.69 Å². The van der Waals surface area contributed by atoms with Gasteiger partial charge in [0.1, 0.15) is 12.3 Å². The van der Waals surface area contributed by atoms with E-state index in [9.17, 15) is 14.3 Å². The molecule has 0 bridgehead atoms. The van der Waals surface area contributed by atoms with Crippen molar-refractivity contribution in [1.29, 1.82) is 0 Å². The van der Waals surface area contributed by atoms with Gasteiger partial charge in [0.25, 0.3) is 0 Å². The van der Waals surface area contributed by atoms with Gasteiger partial charge in [-0.3, -0.25) is 4.57 Å². The van der Waals surface area contributed by atoms with Crippen molar-refractivity contribution in [1.82, 2.24) is 9.55 Å². The Morgan fingerprint density at radius 1 is 1.63 bits per heavy atom. The SMILES string of the molecule is CN(C)c1nc(=O)n([C@H]2C[C@H](O)[C@@H](CO)O2)cc1F. The lowest BCUT2D eigenvalue weighted by atomic mass is 10.2. The number of ether oxygens (including phenoxy) is 1. The van der Waals surface area contributed by atoms with Crippen LogP contribution in [0.1, 0.15) is 12.6 Å². The first-order chi connectivity index (χ1) is 8.93. The Labute approximate surface area is 108 Å². The van der Waals surface area contributed by atoms with Crippen LogP contribution in [-0.4, -0.2) is 52.7 Å². The fraction of sp³-hybridized carbons (Fsp3) is 0.636. The number of anilines is 1. The maximum Gasteiger partial charge on any atom is 0.351 e. The van der Waals surface area contributed by atoms with Crippen LogP contribution < -0.4 is 10.6 Å². The molecule has 8 heteroatoms. The minimum Gasteiger partial charge on any atom is -0.394 e. The van der Waals surface area contributed by atoms with Crippen molar-refractivity contribution in [2.75, 3.05) is 25.6 Å². The molecule has 2 heterocycles. The molecule has 19 heavy (non-hydrogen) atoms. The van der Waals surface area contributed by atoms with Gasteiger partial charge in [-0.1, -0.05) is 0 Å². The molecule has 1 fully saturated rings. The number of halogens is 1. The van der Waals surface area contributed by atoms with E-state index in [0.717, 1.165) is 10.8 Å². The Hall–Kier alpha value is -1.51. The Bertz CT molecular complexity index is 519. The second kappa shape index (κ2) is 5.24. The third-order valence-electron chi connectivity index (χ3n) is 3.01. The summed E-state index contributed by atoms with van der Waals surface area (Å²) >= 11 is 0. The molecule has 1 aromatic rings. The maximum atomic E-state index is 13.8. The van der Waals surface area contributed by atoms with Crippen LogP contribution >= 0.6 is 0 Å². The Morgan fingerprint density at radius 2 is 2.32 bits per heavy atom. The van der Waals surface area contributed by atoms with Crippen molar-refractivity contribution in [2.24, 2.45) is 0 Å². The maximum absolute atomic E-state index is 13.8. The quantitative estimate of drug-likeness (QED) is 0.741. The van der Waals surface area contributed by atoms with Crippen LogP contribution in [0.15, 0.2) is 11.0 Å². The summed E-state index contributed by atoms with van der Waals surface area (Å²) in [5, 5.41) is 18.6. The lowest BCUT2D eigenvalue weighted by Crippen LogP contribution is -2.30. The summed E-state index contributed by atoms with van der Waals surface area (Å²) in [5.41, 5.74) is -0.666. The molecule has 0 saturated carbocycles. The second-order valence-electron chi connectivity index (χ2n) is 4.61. The molecule has 2 N–H and O–H groups in total. The molecule has 1 aliphatic heterocycles. The average Bonchev–Trinajstić information content (AvgIpc) is 2.72. The largest absolute Gasteiger partial charge is 0.394 e. The number of aromatic nitrogens is 2. The molecule has 0 spiro atoms. The van der Waals surface area contributed by atoms with Crippen LogP contribution in [-0.2, 0) is 4.74 Å². The molecule has 1 saturated heterocycles. The predicted molar refractivity (Wildman–Crippen MR) is 64.4 cm³/mol. The number of hydrogen-bond acceptors (Lipinski definition) is 6. The van der Waals surface area contributed by atoms with Crippen molar-refractivity contribution < 1.29 is 19.3 Å². The van der Waals surface area contributed by atoms with Crippen LogP contribution in [0.2, 0.25) is 0 Å². The number of aliphatic hydroxyl groups excluding tert-OH is 2. The standard InChI is InChI=1S/C11H16FN3O4/c1-14(2)10-6(12)4-15(11(18)13-10)9-3-7(17)8(5-16)19-9/h4,7-9,16-17H,3,5H2,1-2H3/t7-,8+,9+/m0/s1. The number of nitrogens with zero attached hydrogens (tertiary/aromatic N) is 3. The predicted octanol–water partition coefficient (Wildman–Crippen LogP) is -0.911. The van der Waals surface area contributed by atoms with Crippen molar-refractivity contribution in [3.05, 3.63) is 22.5 Å². The fourth-order valence-corrected chi connectivity index (χ4v) is 2.01. The van der Waals surface area contributed by atoms with Crippen LogP contribution in [0.5, 0.6) is 0 Å². The molecule has 0 unspecified atom stereocenters. The highest BCUT2D eigenvalue weighted by atomic mass is 19.1. The molecule has 0 aromatic carbocycles. The summed E-state index contributed by atoms with van der Waals surface area (Å²) in [6.45, 7) is -0.363. The third kappa shape index (κ3) is 2.60. The van der Waals surface area contributed by atoms with Crippen molar-refractivity contribution >= 4 is 5.82 Å². The zero-order valence-electron chi connectivity index (χ0n) is 10.7. The zero-order valence-corrected chi connectivity index (χ0v) is 10.7. The molecule has 0 radical (unpaired) electrons. The summed E-state index contributed by atoms with van der Waals surface area (Å²) in [5.74, 6) is -0.714. The smallest absolute Gasteiger partial charge is 0.351 e. The van der Waals surface area contributed by atoms with Gasteiger partial charge in [-0.25, -0.2) is 9.18 Å². The van der Waals surface area contributed by atoms with Gasteiger partial charge < -0.3 is 19.8 Å². The van der Waals surface area contributed by atoms with Crippen molar-refractivity contribution in [3.8, 4) is 0 Å². The molecule has 3 atom stereocenters.